The molecule has 0 saturated carbocycles. The van der Waals surface area contributed by atoms with Gasteiger partial charge in [-0.15, -0.1) is 0 Å². The number of hydrogen-bond acceptors (Lipinski definition) is 15. The van der Waals surface area contributed by atoms with E-state index in [2.05, 4.69) is 0 Å². The zero-order valence-corrected chi connectivity index (χ0v) is 16.3. The number of carboxylic acid groups (broad SMARTS) is 4. The lowest BCUT2D eigenvalue weighted by atomic mass is 10.3. The van der Waals surface area contributed by atoms with E-state index >= 15 is 0 Å². The van der Waals surface area contributed by atoms with E-state index in [1.807, 2.05) is 0 Å². The van der Waals surface area contributed by atoms with Gasteiger partial charge in [0.1, 0.15) is 0 Å². The molecule has 0 bridgehead atoms. The smallest absolute Gasteiger partial charge is 0.480 e. The van der Waals surface area contributed by atoms with Crippen LogP contribution in [-0.4, -0.2) is 161 Å². The van der Waals surface area contributed by atoms with Crippen molar-refractivity contribution in [1.29, 1.82) is 0 Å². The molecule has 32 heavy (non-hydrogen) atoms. The van der Waals surface area contributed by atoms with Gasteiger partial charge < -0.3 is 65.6 Å². The normalized spacial score (nSPS) is 9.22. The lowest BCUT2D eigenvalue weighted by Gasteiger charge is -2.23. The number of carbonyl (C=O) groups is 4. The molecule has 13 N–H and O–H groups in total. The predicted octanol–water partition coefficient (Wildman–Crippen LogP) is -8.23. The summed E-state index contributed by atoms with van der Waals surface area (Å²) in [4.78, 5) is 44.4. The van der Waals surface area contributed by atoms with Gasteiger partial charge in [0, 0.05) is 13.1 Å². The molecule has 0 aliphatic rings. The molecule has 0 aromatic heterocycles. The highest BCUT2D eigenvalue weighted by Gasteiger charge is 2.18. The average Bonchev–Trinajstić information content (AvgIpc) is 2.48. The van der Waals surface area contributed by atoms with Crippen LogP contribution in [0.15, 0.2) is 0 Å². The van der Waals surface area contributed by atoms with Gasteiger partial charge in [-0.2, -0.15) is 0 Å². The molecule has 0 spiro atoms. The van der Waals surface area contributed by atoms with Gasteiger partial charge >= 0.3 is 45.8 Å². The highest BCUT2D eigenvalue weighted by atomic mass is 16.5. The molecular formula is C10H25B3N2O17. The van der Waals surface area contributed by atoms with E-state index in [1.165, 1.54) is 0 Å². The van der Waals surface area contributed by atoms with Crippen LogP contribution in [0.25, 0.3) is 0 Å². The van der Waals surface area contributed by atoms with Gasteiger partial charge in [0.25, 0.3) is 0 Å². The second kappa shape index (κ2) is 23.3. The number of hydrogen-bond donors (Lipinski definition) is 13. The van der Waals surface area contributed by atoms with Gasteiger partial charge in [-0.3, -0.25) is 29.0 Å². The average molecular weight is 478 g/mol. The van der Waals surface area contributed by atoms with Crippen LogP contribution in [0.5, 0.6) is 0 Å². The molecule has 186 valence electrons. The van der Waals surface area contributed by atoms with Crippen molar-refractivity contribution in [2.45, 2.75) is 0 Å². The van der Waals surface area contributed by atoms with Crippen LogP contribution >= 0.6 is 0 Å². The number of nitrogens with zero attached hydrogens (tertiary/aromatic N) is 2. The molecule has 0 saturated heterocycles. The first-order valence-corrected chi connectivity index (χ1v) is 7.85. The summed E-state index contributed by atoms with van der Waals surface area (Å²) in [6.07, 6.45) is 0. The van der Waals surface area contributed by atoms with E-state index in [0.717, 1.165) is 9.80 Å². The van der Waals surface area contributed by atoms with Crippen molar-refractivity contribution in [3.05, 3.63) is 0 Å². The summed E-state index contributed by atoms with van der Waals surface area (Å²) in [5.41, 5.74) is 0. The molecule has 22 heteroatoms. The van der Waals surface area contributed by atoms with Gasteiger partial charge in [-0.1, -0.05) is 0 Å². The molecule has 0 fully saturated rings. The van der Waals surface area contributed by atoms with Gasteiger partial charge in [-0.25, -0.2) is 0 Å². The van der Waals surface area contributed by atoms with Crippen LogP contribution in [-0.2, 0) is 19.2 Å². The minimum atomic E-state index is -2.17. The van der Waals surface area contributed by atoms with E-state index in [1.54, 1.807) is 0 Å². The zero-order chi connectivity index (χ0) is 26.4. The maximum absolute atomic E-state index is 10.6. The summed E-state index contributed by atoms with van der Waals surface area (Å²) in [7, 11) is -6.50. The van der Waals surface area contributed by atoms with Crippen LogP contribution in [0, 0.1) is 0 Å². The molecule has 19 nitrogen and oxygen atoms in total. The minimum absolute atomic E-state index is 0.0703. The van der Waals surface area contributed by atoms with Crippen molar-refractivity contribution in [3.63, 3.8) is 0 Å². The summed E-state index contributed by atoms with van der Waals surface area (Å²) in [6.45, 7) is -2.25. The van der Waals surface area contributed by atoms with Gasteiger partial charge in [-0.05, 0) is 0 Å². The Balaban J connectivity index is -0.000000267. The predicted molar refractivity (Wildman–Crippen MR) is 101 cm³/mol. The van der Waals surface area contributed by atoms with E-state index in [-0.39, 0.29) is 13.1 Å². The first-order valence-electron chi connectivity index (χ1n) is 7.85. The molecule has 0 rings (SSSR count). The molecular weight excluding hydrogens is 453 g/mol. The molecule has 0 aromatic rings. The van der Waals surface area contributed by atoms with Crippen molar-refractivity contribution < 1.29 is 84.8 Å². The lowest BCUT2D eigenvalue weighted by Crippen LogP contribution is -2.43. The standard InChI is InChI=1S/C10H16N2O8.3BH3O3/c13-7(14)3-11(4-8(15)16)1-2-12(5-9(17)18)6-10(19)20;3*2-1(3)4/h1-6H2,(H,13,14)(H,15,16)(H,17,18)(H,19,20);3*2-4H. The number of carboxylic acids is 4. The molecule has 0 atom stereocenters. The second-order valence-corrected chi connectivity index (χ2v) is 5.04. The molecule has 0 heterocycles. The molecule has 0 aliphatic carbocycles. The summed E-state index contributed by atoms with van der Waals surface area (Å²) < 4.78 is 0. The van der Waals surface area contributed by atoms with Crippen molar-refractivity contribution in [3.8, 4) is 0 Å². The summed E-state index contributed by atoms with van der Waals surface area (Å²) in [5.74, 6) is -4.91. The Morgan fingerprint density at radius 1 is 0.438 bits per heavy atom. The van der Waals surface area contributed by atoms with E-state index in [4.69, 9.17) is 65.6 Å². The topological polar surface area (TPSA) is 338 Å². The van der Waals surface area contributed by atoms with Gasteiger partial charge in [0.2, 0.25) is 0 Å². The summed E-state index contributed by atoms with van der Waals surface area (Å²) in [6, 6.07) is 0. The largest absolute Gasteiger partial charge is 0.631 e. The van der Waals surface area contributed by atoms with Crippen molar-refractivity contribution in [2.75, 3.05) is 39.3 Å². The Bertz CT molecular complexity index is 432. The Labute approximate surface area is 180 Å². The monoisotopic (exact) mass is 478 g/mol. The van der Waals surface area contributed by atoms with Gasteiger partial charge in [0.15, 0.2) is 0 Å². The fraction of sp³-hybridized carbons (Fsp3) is 0.600. The number of aliphatic carboxylic acids is 4. The highest BCUT2D eigenvalue weighted by molar-refractivity contribution is 6.31. The first kappa shape index (κ1) is 37.0. The molecule has 0 radical (unpaired) electrons. The van der Waals surface area contributed by atoms with Crippen LogP contribution in [0.3, 0.4) is 0 Å². The van der Waals surface area contributed by atoms with E-state index < -0.39 is 72.0 Å². The second-order valence-electron chi connectivity index (χ2n) is 5.04. The molecule has 0 unspecified atom stereocenters. The third-order valence-electron chi connectivity index (χ3n) is 2.17. The zero-order valence-electron chi connectivity index (χ0n) is 16.3. The first-order chi connectivity index (χ1) is 14.4. The lowest BCUT2D eigenvalue weighted by molar-refractivity contribution is -0.145. The third-order valence-corrected chi connectivity index (χ3v) is 2.17. The summed E-state index contributed by atoms with van der Waals surface area (Å²) in [5, 5.41) is 99.0. The van der Waals surface area contributed by atoms with E-state index in [9.17, 15) is 19.2 Å². The SMILES string of the molecule is O=C(O)CN(CCN(CC(=O)O)CC(=O)O)CC(=O)O.OB(O)O.OB(O)O.OB(O)O. The fourth-order valence-corrected chi connectivity index (χ4v) is 1.48. The van der Waals surface area contributed by atoms with Gasteiger partial charge in [0.05, 0.1) is 26.2 Å². The number of rotatable bonds is 11. The van der Waals surface area contributed by atoms with Crippen molar-refractivity contribution >= 4 is 45.8 Å². The maximum atomic E-state index is 10.6. The molecule has 0 aliphatic heterocycles. The van der Waals surface area contributed by atoms with Crippen LogP contribution in [0.4, 0.5) is 0 Å². The van der Waals surface area contributed by atoms with E-state index in [0.29, 0.717) is 0 Å². The Morgan fingerprint density at radius 2 is 0.562 bits per heavy atom. The highest BCUT2D eigenvalue weighted by Crippen LogP contribution is 1.94. The Morgan fingerprint density at radius 3 is 0.656 bits per heavy atom. The van der Waals surface area contributed by atoms with Crippen molar-refractivity contribution in [2.24, 2.45) is 0 Å². The van der Waals surface area contributed by atoms with Crippen LogP contribution in [0.2, 0.25) is 0 Å². The fourth-order valence-electron chi connectivity index (χ4n) is 1.48. The summed E-state index contributed by atoms with van der Waals surface area (Å²) >= 11 is 0. The Hall–Kier alpha value is -2.37. The molecule has 0 amide bonds. The van der Waals surface area contributed by atoms with Crippen LogP contribution in [0.1, 0.15) is 0 Å². The molecule has 0 aromatic carbocycles. The van der Waals surface area contributed by atoms with Crippen LogP contribution < -0.4 is 0 Å². The maximum Gasteiger partial charge on any atom is 0.631 e. The third kappa shape index (κ3) is 56.5. The minimum Gasteiger partial charge on any atom is -0.480 e. The Kier molecular flexibility index (Phi) is 26.9. The quantitative estimate of drug-likeness (QED) is 0.123. The van der Waals surface area contributed by atoms with Crippen molar-refractivity contribution in [1.82, 2.24) is 9.80 Å².